The molecule has 3 rings (SSSR count). The number of fused-ring (bicyclic) bond motifs is 1. The quantitative estimate of drug-likeness (QED) is 0.921. The molecule has 0 aliphatic carbocycles. The van der Waals surface area contributed by atoms with Gasteiger partial charge in [-0.2, -0.15) is 5.10 Å². The van der Waals surface area contributed by atoms with Gasteiger partial charge in [0.15, 0.2) is 15.7 Å². The van der Waals surface area contributed by atoms with Gasteiger partial charge in [0.2, 0.25) is 5.91 Å². The van der Waals surface area contributed by atoms with Crippen molar-refractivity contribution in [2.45, 2.75) is 44.0 Å². The number of anilines is 1. The van der Waals surface area contributed by atoms with Gasteiger partial charge in [-0.1, -0.05) is 19.1 Å². The van der Waals surface area contributed by atoms with Gasteiger partial charge in [-0.15, -0.1) is 0 Å². The molecule has 0 bridgehead atoms. The molecule has 2 aromatic rings. The Bertz CT molecular complexity index is 883. The van der Waals surface area contributed by atoms with Crippen molar-refractivity contribution in [3.63, 3.8) is 0 Å². The van der Waals surface area contributed by atoms with E-state index in [1.54, 1.807) is 24.3 Å². The number of carbonyl (C=O) groups excluding carboxylic acids is 1. The predicted molar refractivity (Wildman–Crippen MR) is 91.9 cm³/mol. The van der Waals surface area contributed by atoms with Crippen LogP contribution in [0.1, 0.15) is 42.5 Å². The smallest absolute Gasteiger partial charge is 0.226 e. The summed E-state index contributed by atoms with van der Waals surface area (Å²) >= 11 is 0. The first-order valence-electron chi connectivity index (χ1n) is 7.98. The Morgan fingerprint density at radius 2 is 1.96 bits per heavy atom. The maximum atomic E-state index is 12.1. The highest BCUT2D eigenvalue weighted by molar-refractivity contribution is 7.90. The van der Waals surface area contributed by atoms with Gasteiger partial charge in [-0.3, -0.25) is 9.48 Å². The lowest BCUT2D eigenvalue weighted by Crippen LogP contribution is -2.23. The van der Waals surface area contributed by atoms with Gasteiger partial charge >= 0.3 is 0 Å². The fourth-order valence-electron chi connectivity index (χ4n) is 3.20. The van der Waals surface area contributed by atoms with Crippen LogP contribution in [0, 0.1) is 6.92 Å². The third-order valence-electron chi connectivity index (χ3n) is 4.39. The molecule has 1 amide bonds. The molecule has 128 valence electrons. The summed E-state index contributed by atoms with van der Waals surface area (Å²) in [4.78, 5) is 12.3. The molecule has 1 unspecified atom stereocenters. The van der Waals surface area contributed by atoms with Crippen LogP contribution < -0.4 is 5.32 Å². The number of hydrogen-bond acceptors (Lipinski definition) is 4. The van der Waals surface area contributed by atoms with E-state index in [0.29, 0.717) is 12.2 Å². The first kappa shape index (κ1) is 16.7. The molecular weight excluding hydrogens is 326 g/mol. The molecular formula is C17H21N3O3S. The molecule has 6 nitrogen and oxygen atoms in total. The second-order valence-corrected chi connectivity index (χ2v) is 8.23. The summed E-state index contributed by atoms with van der Waals surface area (Å²) in [5, 5.41) is 7.36. The SMILES string of the molecule is CCCn1nc2c(c1C)C(c1ccc(S(C)(=O)=O)cc1)CC(=O)N2. The van der Waals surface area contributed by atoms with Crippen molar-refractivity contribution in [1.29, 1.82) is 0 Å². The minimum absolute atomic E-state index is 0.0687. The van der Waals surface area contributed by atoms with Crippen LogP contribution in [0.5, 0.6) is 0 Å². The normalized spacial score (nSPS) is 17.5. The summed E-state index contributed by atoms with van der Waals surface area (Å²) < 4.78 is 25.2. The van der Waals surface area contributed by atoms with Gasteiger partial charge in [0.05, 0.1) is 4.90 Å². The summed E-state index contributed by atoms with van der Waals surface area (Å²) in [6, 6.07) is 6.78. The average Bonchev–Trinajstić information content (AvgIpc) is 2.82. The summed E-state index contributed by atoms with van der Waals surface area (Å²) in [6.45, 7) is 4.89. The zero-order valence-electron chi connectivity index (χ0n) is 14.0. The summed E-state index contributed by atoms with van der Waals surface area (Å²) in [5.41, 5.74) is 3.00. The minimum Gasteiger partial charge on any atom is -0.309 e. The highest BCUT2D eigenvalue weighted by Crippen LogP contribution is 2.39. The van der Waals surface area contributed by atoms with Crippen LogP contribution in [-0.2, 0) is 21.2 Å². The number of rotatable bonds is 4. The second-order valence-electron chi connectivity index (χ2n) is 6.22. The number of benzene rings is 1. The molecule has 1 aromatic carbocycles. The van der Waals surface area contributed by atoms with Crippen molar-refractivity contribution in [2.75, 3.05) is 11.6 Å². The van der Waals surface area contributed by atoms with Gasteiger partial charge < -0.3 is 5.32 Å². The van der Waals surface area contributed by atoms with E-state index < -0.39 is 9.84 Å². The molecule has 2 heterocycles. The van der Waals surface area contributed by atoms with Gasteiger partial charge in [-0.05, 0) is 31.0 Å². The summed E-state index contributed by atoms with van der Waals surface area (Å²) in [7, 11) is -3.23. The first-order valence-corrected chi connectivity index (χ1v) is 9.87. The standard InChI is InChI=1S/C17H21N3O3S/c1-4-9-20-11(2)16-14(10-15(21)18-17(16)19-20)12-5-7-13(8-6-12)24(3,22)23/h5-8,14H,4,9-10H2,1-3H3,(H,18,19,21). The van der Waals surface area contributed by atoms with E-state index in [1.807, 2.05) is 11.6 Å². The first-order chi connectivity index (χ1) is 11.3. The maximum absolute atomic E-state index is 12.1. The van der Waals surface area contributed by atoms with Crippen molar-refractivity contribution in [3.05, 3.63) is 41.1 Å². The lowest BCUT2D eigenvalue weighted by atomic mass is 9.86. The zero-order chi connectivity index (χ0) is 17.5. The van der Waals surface area contributed by atoms with E-state index in [4.69, 9.17) is 0 Å². The van der Waals surface area contributed by atoms with Gasteiger partial charge in [0.1, 0.15) is 0 Å². The van der Waals surface area contributed by atoms with Gasteiger partial charge in [0.25, 0.3) is 0 Å². The van der Waals surface area contributed by atoms with Crippen molar-refractivity contribution in [1.82, 2.24) is 9.78 Å². The maximum Gasteiger partial charge on any atom is 0.226 e. The molecule has 1 atom stereocenters. The zero-order valence-corrected chi connectivity index (χ0v) is 14.9. The Balaban J connectivity index is 2.05. The number of aryl methyl sites for hydroxylation is 1. The van der Waals surface area contributed by atoms with Gasteiger partial charge in [0, 0.05) is 36.4 Å². The average molecular weight is 347 g/mol. The third kappa shape index (κ3) is 2.96. The third-order valence-corrected chi connectivity index (χ3v) is 5.52. The fourth-order valence-corrected chi connectivity index (χ4v) is 3.83. The van der Waals surface area contributed by atoms with Crippen molar-refractivity contribution in [3.8, 4) is 0 Å². The number of sulfone groups is 1. The highest BCUT2D eigenvalue weighted by Gasteiger charge is 2.31. The molecule has 0 saturated heterocycles. The molecule has 24 heavy (non-hydrogen) atoms. The van der Waals surface area contributed by atoms with E-state index in [-0.39, 0.29) is 16.7 Å². The van der Waals surface area contributed by atoms with Crippen molar-refractivity contribution in [2.24, 2.45) is 0 Å². The van der Waals surface area contributed by atoms with Crippen molar-refractivity contribution < 1.29 is 13.2 Å². The van der Waals surface area contributed by atoms with Crippen LogP contribution in [0.25, 0.3) is 0 Å². The Labute approximate surface area is 141 Å². The Morgan fingerprint density at radius 3 is 2.54 bits per heavy atom. The minimum atomic E-state index is -3.23. The molecule has 0 spiro atoms. The molecule has 1 aliphatic rings. The van der Waals surface area contributed by atoms with E-state index in [9.17, 15) is 13.2 Å². The Hall–Kier alpha value is -2.15. The van der Waals surface area contributed by atoms with Crippen LogP contribution in [0.15, 0.2) is 29.2 Å². The predicted octanol–water partition coefficient (Wildman–Crippen LogP) is 2.48. The van der Waals surface area contributed by atoms with E-state index in [2.05, 4.69) is 17.3 Å². The highest BCUT2D eigenvalue weighted by atomic mass is 32.2. The van der Waals surface area contributed by atoms with Crippen molar-refractivity contribution >= 4 is 21.6 Å². The summed E-state index contributed by atoms with van der Waals surface area (Å²) in [6.07, 6.45) is 2.49. The van der Waals surface area contributed by atoms with Crippen LogP contribution in [0.2, 0.25) is 0 Å². The van der Waals surface area contributed by atoms with E-state index in [1.165, 1.54) is 6.26 Å². The Kier molecular flexibility index (Phi) is 4.21. The van der Waals surface area contributed by atoms with Crippen LogP contribution in [0.3, 0.4) is 0 Å². The monoisotopic (exact) mass is 347 g/mol. The summed E-state index contributed by atoms with van der Waals surface area (Å²) in [5.74, 6) is 0.447. The molecule has 0 radical (unpaired) electrons. The number of hydrogen-bond donors (Lipinski definition) is 1. The van der Waals surface area contributed by atoms with E-state index in [0.717, 1.165) is 29.8 Å². The van der Waals surface area contributed by atoms with Crippen LogP contribution in [0.4, 0.5) is 5.82 Å². The number of aromatic nitrogens is 2. The molecule has 1 aromatic heterocycles. The fraction of sp³-hybridized carbons (Fsp3) is 0.412. The van der Waals surface area contributed by atoms with Crippen LogP contribution >= 0.6 is 0 Å². The molecule has 0 saturated carbocycles. The largest absolute Gasteiger partial charge is 0.309 e. The molecule has 0 fully saturated rings. The van der Waals surface area contributed by atoms with E-state index >= 15 is 0 Å². The number of nitrogens with zero attached hydrogens (tertiary/aromatic N) is 2. The lowest BCUT2D eigenvalue weighted by molar-refractivity contribution is -0.116. The number of carbonyl (C=O) groups is 1. The molecule has 1 N–H and O–H groups in total. The lowest BCUT2D eigenvalue weighted by Gasteiger charge is -2.23. The van der Waals surface area contributed by atoms with Crippen LogP contribution in [-0.4, -0.2) is 30.4 Å². The second kappa shape index (κ2) is 6.05. The molecule has 1 aliphatic heterocycles. The number of amides is 1. The number of nitrogens with one attached hydrogen (secondary N) is 1. The molecule has 7 heteroatoms. The topological polar surface area (TPSA) is 81.1 Å². The Morgan fingerprint density at radius 1 is 1.29 bits per heavy atom. The van der Waals surface area contributed by atoms with Gasteiger partial charge in [-0.25, -0.2) is 8.42 Å².